The summed E-state index contributed by atoms with van der Waals surface area (Å²) >= 11 is 0. The molecule has 1 aromatic carbocycles. The van der Waals surface area contributed by atoms with E-state index in [-0.39, 0.29) is 0 Å². The van der Waals surface area contributed by atoms with Gasteiger partial charge in [0.1, 0.15) is 5.82 Å². The predicted molar refractivity (Wildman–Crippen MR) is 123 cm³/mol. The van der Waals surface area contributed by atoms with Gasteiger partial charge in [-0.2, -0.15) is 5.10 Å². The van der Waals surface area contributed by atoms with Gasteiger partial charge in [0.05, 0.1) is 29.0 Å². The summed E-state index contributed by atoms with van der Waals surface area (Å²) in [4.78, 5) is 4.91. The van der Waals surface area contributed by atoms with Crippen LogP contribution in [0.1, 0.15) is 48.7 Å². The lowest BCUT2D eigenvalue weighted by atomic mass is 9.85. The Balaban J connectivity index is 1.42. The third-order valence-electron chi connectivity index (χ3n) is 6.05. The van der Waals surface area contributed by atoms with Crippen LogP contribution < -0.4 is 16.8 Å². The molecule has 0 spiro atoms. The van der Waals surface area contributed by atoms with Crippen molar-refractivity contribution in [3.63, 3.8) is 0 Å². The lowest BCUT2D eigenvalue weighted by Crippen LogP contribution is -2.25. The Hall–Kier alpha value is -3.39. The third-order valence-corrected chi connectivity index (χ3v) is 6.05. The summed E-state index contributed by atoms with van der Waals surface area (Å²) in [5, 5.41) is 12.4. The number of anilines is 3. The van der Waals surface area contributed by atoms with Gasteiger partial charge in [-0.15, -0.1) is 5.10 Å². The van der Waals surface area contributed by atoms with Crippen molar-refractivity contribution >= 4 is 22.8 Å². The monoisotopic (exact) mass is 416 g/mol. The molecule has 31 heavy (non-hydrogen) atoms. The Bertz CT molecular complexity index is 1210. The zero-order chi connectivity index (χ0) is 21.5. The fourth-order valence-electron chi connectivity index (χ4n) is 4.45. The van der Waals surface area contributed by atoms with E-state index in [9.17, 15) is 0 Å². The summed E-state index contributed by atoms with van der Waals surface area (Å²) in [6, 6.07) is 12.4. The lowest BCUT2D eigenvalue weighted by Gasteiger charge is -2.24. The quantitative estimate of drug-likeness (QED) is 0.466. The summed E-state index contributed by atoms with van der Waals surface area (Å²) in [5.74, 6) is 0.875. The van der Waals surface area contributed by atoms with Crippen molar-refractivity contribution in [2.45, 2.75) is 51.5 Å². The van der Waals surface area contributed by atoms with Crippen molar-refractivity contribution < 1.29 is 0 Å². The molecule has 1 saturated carbocycles. The first-order valence-corrected chi connectivity index (χ1v) is 10.8. The van der Waals surface area contributed by atoms with Gasteiger partial charge < -0.3 is 16.8 Å². The molecule has 8 nitrogen and oxygen atoms in total. The molecule has 0 unspecified atom stereocenters. The van der Waals surface area contributed by atoms with E-state index in [0.717, 1.165) is 65.5 Å². The molecule has 0 bridgehead atoms. The van der Waals surface area contributed by atoms with Crippen molar-refractivity contribution in [2.75, 3.05) is 11.1 Å². The number of nitrogens with two attached hydrogens (primary N) is 2. The predicted octanol–water partition coefficient (Wildman–Crippen LogP) is 3.84. The van der Waals surface area contributed by atoms with E-state index in [1.54, 1.807) is 4.52 Å². The van der Waals surface area contributed by atoms with E-state index < -0.39 is 0 Å². The molecule has 0 atom stereocenters. The maximum Gasteiger partial charge on any atom is 0.177 e. The van der Waals surface area contributed by atoms with Gasteiger partial charge in [-0.1, -0.05) is 0 Å². The molecule has 1 fully saturated rings. The van der Waals surface area contributed by atoms with Gasteiger partial charge in [-0.05, 0) is 69.9 Å². The Labute approximate surface area is 181 Å². The summed E-state index contributed by atoms with van der Waals surface area (Å²) < 4.78 is 3.73. The van der Waals surface area contributed by atoms with Crippen molar-refractivity contribution in [3.8, 4) is 5.69 Å². The second-order valence-corrected chi connectivity index (χ2v) is 8.54. The van der Waals surface area contributed by atoms with Crippen molar-refractivity contribution in [3.05, 3.63) is 59.7 Å². The Kier molecular flexibility index (Phi) is 4.86. The molecule has 5 rings (SSSR count). The van der Waals surface area contributed by atoms with Crippen molar-refractivity contribution in [1.82, 2.24) is 24.4 Å². The molecule has 1 aliphatic carbocycles. The first-order valence-electron chi connectivity index (χ1n) is 10.8. The van der Waals surface area contributed by atoms with E-state index in [0.29, 0.717) is 17.8 Å². The average Bonchev–Trinajstić information content (AvgIpc) is 3.32. The van der Waals surface area contributed by atoms with E-state index >= 15 is 0 Å². The number of fused-ring (bicyclic) bond motifs is 1. The zero-order valence-electron chi connectivity index (χ0n) is 17.9. The minimum atomic E-state index is 0.316. The van der Waals surface area contributed by atoms with Crippen LogP contribution in [0.5, 0.6) is 0 Å². The Morgan fingerprint density at radius 1 is 1.00 bits per heavy atom. The van der Waals surface area contributed by atoms with Gasteiger partial charge in [-0.25, -0.2) is 14.2 Å². The molecule has 3 heterocycles. The number of aryl methyl sites for hydroxylation is 2. The average molecular weight is 417 g/mol. The molecule has 1 aliphatic rings. The minimum Gasteiger partial charge on any atom is -0.382 e. The van der Waals surface area contributed by atoms with Crippen LogP contribution in [0, 0.1) is 13.8 Å². The molecule has 8 heteroatoms. The normalized spacial score (nSPS) is 19.1. The van der Waals surface area contributed by atoms with Gasteiger partial charge in [0.15, 0.2) is 5.65 Å². The first kappa shape index (κ1) is 19.6. The SMILES string of the molecule is Cc1cc(C)n(-c2ccc(Nc3cc(N)nn4cc(C5CCC(N)CC5)nc34)cc2)n1. The van der Waals surface area contributed by atoms with Crippen LogP contribution in [0.3, 0.4) is 0 Å². The number of nitrogens with one attached hydrogen (secondary N) is 1. The van der Waals surface area contributed by atoms with E-state index in [1.807, 2.05) is 48.1 Å². The molecule has 5 N–H and O–H groups in total. The maximum absolute atomic E-state index is 6.08. The number of aromatic nitrogens is 5. The fraction of sp³-hybridized carbons (Fsp3) is 0.348. The molecule has 0 amide bonds. The van der Waals surface area contributed by atoms with Gasteiger partial charge in [0, 0.05) is 29.4 Å². The Morgan fingerprint density at radius 3 is 2.42 bits per heavy atom. The van der Waals surface area contributed by atoms with Crippen LogP contribution >= 0.6 is 0 Å². The van der Waals surface area contributed by atoms with Crippen molar-refractivity contribution in [2.24, 2.45) is 5.73 Å². The molecular weight excluding hydrogens is 388 g/mol. The number of rotatable bonds is 4. The first-order chi connectivity index (χ1) is 15.0. The number of hydrogen-bond acceptors (Lipinski definition) is 6. The number of nitrogen functional groups attached to an aromatic ring is 1. The summed E-state index contributed by atoms with van der Waals surface area (Å²) in [7, 11) is 0. The maximum atomic E-state index is 6.08. The highest BCUT2D eigenvalue weighted by atomic mass is 15.3. The summed E-state index contributed by atoms with van der Waals surface area (Å²) in [6.07, 6.45) is 6.22. The Morgan fingerprint density at radius 2 is 1.74 bits per heavy atom. The summed E-state index contributed by atoms with van der Waals surface area (Å²) in [6.45, 7) is 4.05. The fourth-order valence-corrected chi connectivity index (χ4v) is 4.45. The van der Waals surface area contributed by atoms with Crippen LogP contribution in [0.25, 0.3) is 11.3 Å². The smallest absolute Gasteiger partial charge is 0.177 e. The third kappa shape index (κ3) is 3.86. The van der Waals surface area contributed by atoms with Gasteiger partial charge in [0.25, 0.3) is 0 Å². The highest BCUT2D eigenvalue weighted by molar-refractivity contribution is 5.76. The molecule has 4 aromatic rings. The highest BCUT2D eigenvalue weighted by Gasteiger charge is 2.23. The standard InChI is InChI=1S/C23H28N8/c1-14-11-15(2)31(28-14)19-9-7-18(8-10-19)26-20-12-22(25)29-30-13-21(27-23(20)30)16-3-5-17(24)6-4-16/h7-13,16-17,26H,3-6,24H2,1-2H3,(H2,25,29). The molecule has 0 aliphatic heterocycles. The van der Waals surface area contributed by atoms with Crippen LogP contribution in [-0.4, -0.2) is 30.4 Å². The molecular formula is C23H28N8. The molecule has 0 radical (unpaired) electrons. The van der Waals surface area contributed by atoms with Crippen molar-refractivity contribution in [1.29, 1.82) is 0 Å². The van der Waals surface area contributed by atoms with Gasteiger partial charge >= 0.3 is 0 Å². The molecule has 0 saturated heterocycles. The topological polar surface area (TPSA) is 112 Å². The minimum absolute atomic E-state index is 0.316. The van der Waals surface area contributed by atoms with Crippen LogP contribution in [0.15, 0.2) is 42.6 Å². The largest absolute Gasteiger partial charge is 0.382 e. The number of benzene rings is 1. The van der Waals surface area contributed by atoms with Crippen LogP contribution in [0.2, 0.25) is 0 Å². The zero-order valence-corrected chi connectivity index (χ0v) is 17.9. The van der Waals surface area contributed by atoms with E-state index in [1.165, 1.54) is 0 Å². The number of hydrogen-bond donors (Lipinski definition) is 3. The molecule has 3 aromatic heterocycles. The lowest BCUT2D eigenvalue weighted by molar-refractivity contribution is 0.391. The molecule has 160 valence electrons. The highest BCUT2D eigenvalue weighted by Crippen LogP contribution is 2.33. The van der Waals surface area contributed by atoms with Crippen LogP contribution in [0.4, 0.5) is 17.2 Å². The van der Waals surface area contributed by atoms with Crippen LogP contribution in [-0.2, 0) is 0 Å². The van der Waals surface area contributed by atoms with Gasteiger partial charge in [0.2, 0.25) is 0 Å². The number of imidazole rings is 1. The summed E-state index contributed by atoms with van der Waals surface area (Å²) in [5.41, 5.74) is 18.9. The second kappa shape index (κ2) is 7.70. The second-order valence-electron chi connectivity index (χ2n) is 8.54. The number of nitrogens with zero attached hydrogens (tertiary/aromatic N) is 5. The van der Waals surface area contributed by atoms with E-state index in [2.05, 4.69) is 28.5 Å². The van der Waals surface area contributed by atoms with E-state index in [4.69, 9.17) is 16.5 Å². The van der Waals surface area contributed by atoms with Gasteiger partial charge in [-0.3, -0.25) is 0 Å².